The van der Waals surface area contributed by atoms with Crippen LogP contribution in [-0.2, 0) is 20.7 Å². The van der Waals surface area contributed by atoms with Gasteiger partial charge in [0, 0.05) is 23.1 Å². The van der Waals surface area contributed by atoms with Gasteiger partial charge in [0.25, 0.3) is 0 Å². The normalized spacial score (nSPS) is 31.4. The molecule has 57 heavy (non-hydrogen) atoms. The molecule has 0 aromatic heterocycles. The molecule has 5 N–H and O–H groups in total. The number of aliphatic hydroxyl groups excluding tert-OH is 1. The summed E-state index contributed by atoms with van der Waals surface area (Å²) in [6, 6.07) is 28.3. The lowest BCUT2D eigenvalue weighted by atomic mass is 9.48. The van der Waals surface area contributed by atoms with Crippen LogP contribution in [0.3, 0.4) is 0 Å². The average molecular weight is 779 g/mol. The largest absolute Gasteiger partial charge is 0.455 e. The molecule has 300 valence electrons. The van der Waals surface area contributed by atoms with Gasteiger partial charge in [-0.3, -0.25) is 14.4 Å². The number of esters is 1. The first-order chi connectivity index (χ1) is 27.0. The quantitative estimate of drug-likeness (QED) is 0.0935. The van der Waals surface area contributed by atoms with E-state index in [-0.39, 0.29) is 28.2 Å². The van der Waals surface area contributed by atoms with Crippen LogP contribution in [0.25, 0.3) is 0 Å². The first-order valence-electron chi connectivity index (χ1n) is 19.3. The summed E-state index contributed by atoms with van der Waals surface area (Å²) in [5.74, 6) is -5.43. The molecule has 4 aromatic rings. The van der Waals surface area contributed by atoms with Crippen molar-refractivity contribution in [2.24, 2.45) is 11.3 Å². The monoisotopic (exact) mass is 778 g/mol. The van der Waals surface area contributed by atoms with Crippen molar-refractivity contribution < 1.29 is 54.2 Å². The van der Waals surface area contributed by atoms with Gasteiger partial charge in [0.15, 0.2) is 17.3 Å². The van der Waals surface area contributed by atoms with Gasteiger partial charge in [-0.2, -0.15) is 0 Å². The first kappa shape index (κ1) is 41.7. The lowest BCUT2D eigenvalue weighted by Gasteiger charge is -2.63. The van der Waals surface area contributed by atoms with E-state index < -0.39 is 76.5 Å². The third-order valence-corrected chi connectivity index (χ3v) is 12.4. The molecule has 2 saturated carbocycles. The second-order valence-corrected chi connectivity index (χ2v) is 16.1. The minimum absolute atomic E-state index is 0.0549. The fraction of sp³-hybridized carbons (Fsp3) is 0.391. The number of hydrogen-bond donors (Lipinski definition) is 5. The van der Waals surface area contributed by atoms with E-state index in [1.54, 1.807) is 36.4 Å². The highest BCUT2D eigenvalue weighted by Gasteiger charge is 2.86. The minimum Gasteiger partial charge on any atom is -0.455 e. The second-order valence-electron chi connectivity index (χ2n) is 16.1. The Labute approximate surface area is 331 Å². The second kappa shape index (κ2) is 16.2. The number of ketones is 3. The van der Waals surface area contributed by atoms with E-state index in [2.05, 4.69) is 20.8 Å². The summed E-state index contributed by atoms with van der Waals surface area (Å²) in [6.45, 7) is 5.69. The van der Waals surface area contributed by atoms with Crippen LogP contribution in [0.2, 0.25) is 0 Å². The van der Waals surface area contributed by atoms with Gasteiger partial charge in [0.2, 0.25) is 23.0 Å². The van der Waals surface area contributed by atoms with Crippen molar-refractivity contribution in [1.29, 1.82) is 0 Å². The van der Waals surface area contributed by atoms with E-state index >= 15 is 4.79 Å². The molecule has 11 nitrogen and oxygen atoms in total. The zero-order valence-electron chi connectivity index (χ0n) is 32.3. The highest BCUT2D eigenvalue weighted by atomic mass is 16.6. The molecule has 2 aliphatic carbocycles. The van der Waals surface area contributed by atoms with Gasteiger partial charge in [-0.25, -0.2) is 4.79 Å². The van der Waals surface area contributed by atoms with E-state index in [1.807, 2.05) is 0 Å². The SMILES string of the molecule is CC(C)C1(C)CCCC(OCC(=O)O[C@H]2[C@@H](O)[C@](O)(C(=O)c3ccccc3)[C@@](O)(C(=O)c3ccccc3)[C@](O)(C(=O)c3ccccc3)[C@@]2(O)Cc2ccccc2)C1. The fourth-order valence-electron chi connectivity index (χ4n) is 8.68. The van der Waals surface area contributed by atoms with Gasteiger partial charge in [-0.1, -0.05) is 149 Å². The van der Waals surface area contributed by atoms with E-state index in [1.165, 1.54) is 84.9 Å². The number of rotatable bonds is 13. The number of benzene rings is 4. The number of aliphatic hydroxyl groups is 5. The predicted molar refractivity (Wildman–Crippen MR) is 209 cm³/mol. The Balaban J connectivity index is 1.57. The third-order valence-electron chi connectivity index (χ3n) is 12.4. The Bertz CT molecular complexity index is 2060. The van der Waals surface area contributed by atoms with Gasteiger partial charge in [-0.15, -0.1) is 0 Å². The summed E-state index contributed by atoms with van der Waals surface area (Å²) in [5, 5.41) is 65.3. The standard InChI is InChI=1S/C46H50O11/c1-30(2)42(3)26-16-25-35(28-42)56-29-36(47)57-41-40(51)44(53,37(48)32-19-10-5-11-20-32)46(55,39(50)34-23-14-7-15-24-34)45(54,38(49)33-21-12-6-13-22-33)43(41,52)27-31-17-8-4-9-18-31/h4-15,17-24,30,35,40-41,51-55H,16,25-29H2,1-3H3/t35?,40-,41+,42?,43-,44-,45+,46+/m1/s1. The maximum atomic E-state index is 15.1. The fourth-order valence-corrected chi connectivity index (χ4v) is 8.68. The van der Waals surface area contributed by atoms with Crippen molar-refractivity contribution in [2.45, 2.75) is 93.6 Å². The molecule has 0 saturated heterocycles. The van der Waals surface area contributed by atoms with Gasteiger partial charge >= 0.3 is 5.97 Å². The van der Waals surface area contributed by atoms with Gasteiger partial charge in [-0.05, 0) is 36.2 Å². The lowest BCUT2D eigenvalue weighted by molar-refractivity contribution is -0.334. The number of carbonyl (C=O) groups excluding carboxylic acids is 4. The van der Waals surface area contributed by atoms with Crippen molar-refractivity contribution in [2.75, 3.05) is 6.61 Å². The molecule has 0 aliphatic heterocycles. The summed E-state index contributed by atoms with van der Waals surface area (Å²) < 4.78 is 11.8. The first-order valence-corrected chi connectivity index (χ1v) is 19.3. The van der Waals surface area contributed by atoms with Crippen LogP contribution >= 0.6 is 0 Å². The van der Waals surface area contributed by atoms with Crippen molar-refractivity contribution in [1.82, 2.24) is 0 Å². The molecule has 6 rings (SSSR count). The Morgan fingerprint density at radius 3 is 1.63 bits per heavy atom. The molecule has 0 bridgehead atoms. The van der Waals surface area contributed by atoms with E-state index in [9.17, 15) is 39.9 Å². The van der Waals surface area contributed by atoms with Crippen LogP contribution < -0.4 is 0 Å². The Kier molecular flexibility index (Phi) is 11.8. The molecular weight excluding hydrogens is 728 g/mol. The molecule has 0 spiro atoms. The van der Waals surface area contributed by atoms with Crippen molar-refractivity contribution in [3.63, 3.8) is 0 Å². The average Bonchev–Trinajstić information content (AvgIpc) is 3.23. The molecule has 2 unspecified atom stereocenters. The summed E-state index contributed by atoms with van der Waals surface area (Å²) in [4.78, 5) is 58.8. The summed E-state index contributed by atoms with van der Waals surface area (Å²) >= 11 is 0. The van der Waals surface area contributed by atoms with Crippen LogP contribution in [0.4, 0.5) is 0 Å². The summed E-state index contributed by atoms with van der Waals surface area (Å²) in [6.07, 6.45) is -3.44. The molecule has 0 amide bonds. The van der Waals surface area contributed by atoms with E-state index in [0.29, 0.717) is 18.8 Å². The predicted octanol–water partition coefficient (Wildman–Crippen LogP) is 4.71. The minimum atomic E-state index is -4.06. The molecule has 4 aromatic carbocycles. The molecule has 0 radical (unpaired) electrons. The number of ether oxygens (including phenoxy) is 2. The molecule has 2 fully saturated rings. The summed E-state index contributed by atoms with van der Waals surface area (Å²) in [5.41, 5.74) is -16.1. The smallest absolute Gasteiger partial charge is 0.332 e. The Morgan fingerprint density at radius 2 is 1.14 bits per heavy atom. The van der Waals surface area contributed by atoms with Crippen molar-refractivity contribution in [3.05, 3.63) is 144 Å². The Hall–Kier alpha value is -4.88. The van der Waals surface area contributed by atoms with Crippen LogP contribution in [0.15, 0.2) is 121 Å². The Morgan fingerprint density at radius 1 is 0.684 bits per heavy atom. The highest BCUT2D eigenvalue weighted by Crippen LogP contribution is 2.55. The molecule has 0 heterocycles. The maximum Gasteiger partial charge on any atom is 0.332 e. The zero-order chi connectivity index (χ0) is 41.2. The maximum absolute atomic E-state index is 15.1. The molecule has 11 heteroatoms. The van der Waals surface area contributed by atoms with E-state index in [0.717, 1.165) is 12.8 Å². The number of carbonyl (C=O) groups is 4. The number of hydrogen-bond acceptors (Lipinski definition) is 11. The van der Waals surface area contributed by atoms with Gasteiger partial charge in [0.05, 0.1) is 6.10 Å². The topological polar surface area (TPSA) is 188 Å². The van der Waals surface area contributed by atoms with Gasteiger partial charge < -0.3 is 35.0 Å². The van der Waals surface area contributed by atoms with Crippen LogP contribution in [0.5, 0.6) is 0 Å². The molecular formula is C46H50O11. The van der Waals surface area contributed by atoms with Crippen LogP contribution in [0.1, 0.15) is 83.1 Å². The molecule has 8 atom stereocenters. The van der Waals surface area contributed by atoms with Crippen LogP contribution in [-0.4, -0.2) is 96.2 Å². The highest BCUT2D eigenvalue weighted by molar-refractivity contribution is 6.19. The number of Topliss-reactive ketones (excluding diaryl/α,β-unsaturated/α-hetero) is 3. The molecule has 2 aliphatic rings. The third kappa shape index (κ3) is 7.07. The van der Waals surface area contributed by atoms with Crippen molar-refractivity contribution in [3.8, 4) is 0 Å². The van der Waals surface area contributed by atoms with Crippen LogP contribution in [0, 0.1) is 11.3 Å². The van der Waals surface area contributed by atoms with Gasteiger partial charge in [0.1, 0.15) is 18.3 Å². The zero-order valence-corrected chi connectivity index (χ0v) is 32.3. The van der Waals surface area contributed by atoms with E-state index in [4.69, 9.17) is 9.47 Å². The lowest BCUT2D eigenvalue weighted by Crippen LogP contribution is -2.93. The summed E-state index contributed by atoms with van der Waals surface area (Å²) in [7, 11) is 0. The van der Waals surface area contributed by atoms with Crippen molar-refractivity contribution >= 4 is 23.3 Å².